The predicted molar refractivity (Wildman–Crippen MR) is 102 cm³/mol. The van der Waals surface area contributed by atoms with Crippen molar-refractivity contribution in [3.63, 3.8) is 0 Å². The zero-order chi connectivity index (χ0) is 18.2. The van der Waals surface area contributed by atoms with Crippen molar-refractivity contribution >= 4 is 17.3 Å². The second kappa shape index (κ2) is 9.27. The molecule has 0 aliphatic heterocycles. The van der Waals surface area contributed by atoms with Gasteiger partial charge in [0.2, 0.25) is 0 Å². The van der Waals surface area contributed by atoms with E-state index < -0.39 is 0 Å². The smallest absolute Gasteiger partial charge is 0.358 e. The molecule has 5 heteroatoms. The molecule has 3 rings (SSSR count). The zero-order valence-corrected chi connectivity index (χ0v) is 15.5. The summed E-state index contributed by atoms with van der Waals surface area (Å²) < 4.78 is 10.9. The number of aromatic nitrogens is 1. The Balaban J connectivity index is 1.72. The molecule has 26 heavy (non-hydrogen) atoms. The van der Waals surface area contributed by atoms with E-state index in [1.54, 1.807) is 6.92 Å². The maximum Gasteiger partial charge on any atom is 0.358 e. The number of benzene rings is 2. The Morgan fingerprint density at radius 1 is 0.962 bits per heavy atom. The van der Waals surface area contributed by atoms with Crippen molar-refractivity contribution < 1.29 is 14.3 Å². The molecule has 0 fully saturated rings. The quantitative estimate of drug-likeness (QED) is 0.545. The summed E-state index contributed by atoms with van der Waals surface area (Å²) in [5.41, 5.74) is 2.63. The first-order chi connectivity index (χ1) is 12.8. The number of ether oxygens (including phenoxy) is 2. The van der Waals surface area contributed by atoms with Gasteiger partial charge in [0.1, 0.15) is 0 Å². The molecule has 0 aliphatic carbocycles. The number of hydrogen-bond donors (Lipinski definition) is 0. The van der Waals surface area contributed by atoms with Crippen LogP contribution in [0.5, 0.6) is 0 Å². The lowest BCUT2D eigenvalue weighted by atomic mass is 10.2. The van der Waals surface area contributed by atoms with Crippen molar-refractivity contribution in [3.05, 3.63) is 87.4 Å². The van der Waals surface area contributed by atoms with Crippen LogP contribution in [0.2, 0.25) is 0 Å². The van der Waals surface area contributed by atoms with Crippen LogP contribution in [0.15, 0.2) is 60.7 Å². The molecule has 0 radical (unpaired) electrons. The van der Waals surface area contributed by atoms with Gasteiger partial charge in [-0.2, -0.15) is 0 Å². The first-order valence-corrected chi connectivity index (χ1v) is 9.39. The maximum absolute atomic E-state index is 12.2. The molecular weight excluding hydrogens is 346 g/mol. The van der Waals surface area contributed by atoms with Crippen molar-refractivity contribution in [2.45, 2.75) is 26.6 Å². The normalized spacial score (nSPS) is 10.7. The van der Waals surface area contributed by atoms with E-state index in [1.807, 2.05) is 48.5 Å². The fraction of sp³-hybridized carbons (Fsp3) is 0.238. The molecular formula is C21H21NO3S. The molecule has 0 saturated carbocycles. The third-order valence-electron chi connectivity index (χ3n) is 3.75. The van der Waals surface area contributed by atoms with Gasteiger partial charge in [0, 0.05) is 6.42 Å². The van der Waals surface area contributed by atoms with Crippen molar-refractivity contribution in [3.8, 4) is 0 Å². The average Bonchev–Trinajstić information content (AvgIpc) is 3.06. The van der Waals surface area contributed by atoms with Gasteiger partial charge in [-0.15, -0.1) is 11.3 Å². The summed E-state index contributed by atoms with van der Waals surface area (Å²) in [6.45, 7) is 2.96. The highest BCUT2D eigenvalue weighted by Gasteiger charge is 2.19. The number of thiazole rings is 1. The Bertz CT molecular complexity index is 831. The topological polar surface area (TPSA) is 48.4 Å². The van der Waals surface area contributed by atoms with Gasteiger partial charge >= 0.3 is 5.97 Å². The molecule has 0 atom stereocenters. The molecule has 0 N–H and O–H groups in total. The Kier molecular flexibility index (Phi) is 6.52. The molecule has 0 amide bonds. The first-order valence-electron chi connectivity index (χ1n) is 8.57. The molecule has 1 heterocycles. The number of esters is 1. The van der Waals surface area contributed by atoms with E-state index in [2.05, 4.69) is 17.1 Å². The summed E-state index contributed by atoms with van der Waals surface area (Å²) in [4.78, 5) is 17.6. The van der Waals surface area contributed by atoms with E-state index in [-0.39, 0.29) is 5.97 Å². The minimum atomic E-state index is -0.388. The van der Waals surface area contributed by atoms with E-state index in [4.69, 9.17) is 9.47 Å². The molecule has 134 valence electrons. The Hall–Kier alpha value is -2.50. The maximum atomic E-state index is 12.2. The minimum Gasteiger partial charge on any atom is -0.461 e. The van der Waals surface area contributed by atoms with Crippen LogP contribution in [0, 0.1) is 0 Å². The molecule has 0 unspecified atom stereocenters. The van der Waals surface area contributed by atoms with Crippen molar-refractivity contribution in [1.29, 1.82) is 0 Å². The molecule has 0 aliphatic rings. The standard InChI is InChI=1S/C21H21NO3S/c1-2-25-21(23)20-18(15-24-14-17-11-7-4-8-12-17)26-19(22-20)13-16-9-5-3-6-10-16/h3-12H,2,13-15H2,1H3. The van der Waals surface area contributed by atoms with Crippen LogP contribution in [0.4, 0.5) is 0 Å². The van der Waals surface area contributed by atoms with E-state index in [1.165, 1.54) is 11.3 Å². The lowest BCUT2D eigenvalue weighted by Crippen LogP contribution is -2.08. The highest BCUT2D eigenvalue weighted by molar-refractivity contribution is 7.11. The van der Waals surface area contributed by atoms with Gasteiger partial charge < -0.3 is 9.47 Å². The first kappa shape index (κ1) is 18.3. The lowest BCUT2D eigenvalue weighted by molar-refractivity contribution is 0.0511. The van der Waals surface area contributed by atoms with Crippen LogP contribution in [-0.2, 0) is 29.1 Å². The number of rotatable bonds is 8. The zero-order valence-electron chi connectivity index (χ0n) is 14.7. The summed E-state index contributed by atoms with van der Waals surface area (Å²) in [6, 6.07) is 20.0. The summed E-state index contributed by atoms with van der Waals surface area (Å²) in [7, 11) is 0. The Labute approximate surface area is 157 Å². The van der Waals surface area contributed by atoms with E-state index in [0.29, 0.717) is 31.9 Å². The molecule has 4 nitrogen and oxygen atoms in total. The van der Waals surface area contributed by atoms with Crippen LogP contribution in [-0.4, -0.2) is 17.6 Å². The van der Waals surface area contributed by atoms with Crippen LogP contribution in [0.25, 0.3) is 0 Å². The fourth-order valence-corrected chi connectivity index (χ4v) is 3.57. The molecule has 2 aromatic carbocycles. The van der Waals surface area contributed by atoms with Gasteiger partial charge in [-0.25, -0.2) is 9.78 Å². The van der Waals surface area contributed by atoms with Gasteiger partial charge in [0.05, 0.1) is 29.7 Å². The fourth-order valence-electron chi connectivity index (χ4n) is 2.54. The molecule has 0 bridgehead atoms. The van der Waals surface area contributed by atoms with Gasteiger partial charge in [-0.3, -0.25) is 0 Å². The second-order valence-electron chi connectivity index (χ2n) is 5.74. The highest BCUT2D eigenvalue weighted by Crippen LogP contribution is 2.23. The minimum absolute atomic E-state index is 0.328. The van der Waals surface area contributed by atoms with Gasteiger partial charge in [-0.1, -0.05) is 60.7 Å². The lowest BCUT2D eigenvalue weighted by Gasteiger charge is -2.04. The SMILES string of the molecule is CCOC(=O)c1nc(Cc2ccccc2)sc1COCc1ccccc1. The Morgan fingerprint density at radius 3 is 2.27 bits per heavy atom. The summed E-state index contributed by atoms with van der Waals surface area (Å²) in [5, 5.41) is 0.887. The third kappa shape index (κ3) is 5.00. The highest BCUT2D eigenvalue weighted by atomic mass is 32.1. The van der Waals surface area contributed by atoms with Crippen LogP contribution in [0.3, 0.4) is 0 Å². The predicted octanol–water partition coefficient (Wildman–Crippen LogP) is 4.63. The Morgan fingerprint density at radius 2 is 1.62 bits per heavy atom. The van der Waals surface area contributed by atoms with Crippen LogP contribution >= 0.6 is 11.3 Å². The summed E-state index contributed by atoms with van der Waals surface area (Å²) in [5.74, 6) is -0.388. The van der Waals surface area contributed by atoms with Gasteiger partial charge in [-0.05, 0) is 18.1 Å². The van der Waals surface area contributed by atoms with Crippen LogP contribution in [0.1, 0.15) is 38.4 Å². The molecule has 0 spiro atoms. The average molecular weight is 367 g/mol. The van der Waals surface area contributed by atoms with E-state index >= 15 is 0 Å². The largest absolute Gasteiger partial charge is 0.461 e. The summed E-state index contributed by atoms with van der Waals surface area (Å²) >= 11 is 1.51. The van der Waals surface area contributed by atoms with Gasteiger partial charge in [0.25, 0.3) is 0 Å². The molecule has 0 saturated heterocycles. The molecule has 3 aromatic rings. The third-order valence-corrected chi connectivity index (χ3v) is 4.78. The van der Waals surface area contributed by atoms with E-state index in [0.717, 1.165) is 21.0 Å². The van der Waals surface area contributed by atoms with Gasteiger partial charge in [0.15, 0.2) is 5.69 Å². The summed E-state index contributed by atoms with van der Waals surface area (Å²) in [6.07, 6.45) is 0.691. The number of hydrogen-bond acceptors (Lipinski definition) is 5. The van der Waals surface area contributed by atoms with Crippen molar-refractivity contribution in [2.75, 3.05) is 6.61 Å². The number of nitrogens with zero attached hydrogens (tertiary/aromatic N) is 1. The van der Waals surface area contributed by atoms with Crippen molar-refractivity contribution in [1.82, 2.24) is 4.98 Å². The van der Waals surface area contributed by atoms with Crippen LogP contribution < -0.4 is 0 Å². The van der Waals surface area contributed by atoms with Crippen molar-refractivity contribution in [2.24, 2.45) is 0 Å². The van der Waals surface area contributed by atoms with E-state index in [9.17, 15) is 4.79 Å². The number of carbonyl (C=O) groups is 1. The number of carbonyl (C=O) groups excluding carboxylic acids is 1. The monoisotopic (exact) mass is 367 g/mol. The second-order valence-corrected chi connectivity index (χ2v) is 6.91. The molecule has 1 aromatic heterocycles.